The fourth-order valence-electron chi connectivity index (χ4n) is 2.98. The molecule has 20 heavy (non-hydrogen) atoms. The van der Waals surface area contributed by atoms with E-state index in [0.29, 0.717) is 12.1 Å². The van der Waals surface area contributed by atoms with E-state index in [1.165, 1.54) is 4.90 Å². The Bertz CT molecular complexity index is 604. The average molecular weight is 270 g/mol. The van der Waals surface area contributed by atoms with Crippen LogP contribution in [0.5, 0.6) is 0 Å². The first-order chi connectivity index (χ1) is 9.43. The van der Waals surface area contributed by atoms with Crippen molar-refractivity contribution in [3.05, 3.63) is 47.7 Å². The first-order valence-electron chi connectivity index (χ1n) is 6.77. The van der Waals surface area contributed by atoms with Gasteiger partial charge in [-0.2, -0.15) is 0 Å². The van der Waals surface area contributed by atoms with E-state index in [9.17, 15) is 9.59 Å². The number of carbonyl (C=O) groups excluding carboxylic acids is 2. The van der Waals surface area contributed by atoms with Crippen molar-refractivity contribution in [3.8, 4) is 0 Å². The topological polar surface area (TPSA) is 40.6 Å². The molecular weight excluding hydrogens is 252 g/mol. The largest absolute Gasteiger partial charge is 0.374 e. The Labute approximate surface area is 118 Å². The van der Waals surface area contributed by atoms with Gasteiger partial charge in [-0.15, -0.1) is 0 Å². The molecule has 0 aromatic heterocycles. The van der Waals surface area contributed by atoms with E-state index < -0.39 is 0 Å². The van der Waals surface area contributed by atoms with Crippen LogP contribution >= 0.6 is 0 Å². The fraction of sp³-hybridized carbons (Fsp3) is 0.375. The van der Waals surface area contributed by atoms with Crippen LogP contribution in [0.25, 0.3) is 0 Å². The standard InChI is InChI=1S/C16H18N2O2/c1-16(2)13-12(10-17(16)3)14(19)18(15(13)20)9-11-7-5-4-6-8-11/h4-8,10,13H,9H2,1-3H3. The van der Waals surface area contributed by atoms with Crippen LogP contribution in [-0.4, -0.2) is 34.2 Å². The molecule has 0 N–H and O–H groups in total. The van der Waals surface area contributed by atoms with Crippen LogP contribution in [-0.2, 0) is 16.1 Å². The molecule has 0 radical (unpaired) electrons. The summed E-state index contributed by atoms with van der Waals surface area (Å²) in [5, 5.41) is 0. The van der Waals surface area contributed by atoms with Gasteiger partial charge in [-0.1, -0.05) is 30.3 Å². The van der Waals surface area contributed by atoms with Crippen molar-refractivity contribution in [1.82, 2.24) is 9.80 Å². The quantitative estimate of drug-likeness (QED) is 0.769. The third-order valence-electron chi connectivity index (χ3n) is 4.45. The van der Waals surface area contributed by atoms with Crippen molar-refractivity contribution in [2.45, 2.75) is 25.9 Å². The molecule has 0 spiro atoms. The predicted octanol–water partition coefficient (Wildman–Crippen LogP) is 1.78. The number of hydrogen-bond donors (Lipinski definition) is 0. The number of imide groups is 1. The van der Waals surface area contributed by atoms with Crippen molar-refractivity contribution in [1.29, 1.82) is 0 Å². The van der Waals surface area contributed by atoms with Crippen molar-refractivity contribution >= 4 is 11.8 Å². The lowest BCUT2D eigenvalue weighted by Gasteiger charge is -2.33. The summed E-state index contributed by atoms with van der Waals surface area (Å²) in [6, 6.07) is 9.61. The number of nitrogens with zero attached hydrogens (tertiary/aromatic N) is 2. The minimum Gasteiger partial charge on any atom is -0.374 e. The molecule has 0 bridgehead atoms. The first-order valence-corrected chi connectivity index (χ1v) is 6.77. The zero-order chi connectivity index (χ0) is 14.5. The van der Waals surface area contributed by atoms with Crippen LogP contribution in [0, 0.1) is 5.92 Å². The second-order valence-corrected chi connectivity index (χ2v) is 6.00. The summed E-state index contributed by atoms with van der Waals surface area (Å²) in [5.41, 5.74) is 1.26. The van der Waals surface area contributed by atoms with Crippen LogP contribution in [0.3, 0.4) is 0 Å². The maximum Gasteiger partial charge on any atom is 0.259 e. The maximum atomic E-state index is 12.6. The van der Waals surface area contributed by atoms with Gasteiger partial charge in [-0.3, -0.25) is 14.5 Å². The minimum atomic E-state index is -0.344. The van der Waals surface area contributed by atoms with Gasteiger partial charge in [0, 0.05) is 24.4 Å². The van der Waals surface area contributed by atoms with Crippen LogP contribution in [0.1, 0.15) is 19.4 Å². The Morgan fingerprint density at radius 2 is 1.80 bits per heavy atom. The second kappa shape index (κ2) is 4.20. The average Bonchev–Trinajstić information content (AvgIpc) is 2.79. The highest BCUT2D eigenvalue weighted by molar-refractivity contribution is 6.15. The number of likely N-dealkylation sites (tertiary alicyclic amines) is 1. The molecule has 2 aliphatic rings. The number of amides is 2. The molecule has 1 aromatic carbocycles. The summed E-state index contributed by atoms with van der Waals surface area (Å²) < 4.78 is 0. The van der Waals surface area contributed by atoms with Gasteiger partial charge < -0.3 is 4.90 Å². The number of benzene rings is 1. The monoisotopic (exact) mass is 270 g/mol. The Morgan fingerprint density at radius 3 is 2.40 bits per heavy atom. The lowest BCUT2D eigenvalue weighted by atomic mass is 9.86. The van der Waals surface area contributed by atoms with Gasteiger partial charge >= 0.3 is 0 Å². The molecule has 1 unspecified atom stereocenters. The van der Waals surface area contributed by atoms with E-state index in [4.69, 9.17) is 0 Å². The lowest BCUT2D eigenvalue weighted by Crippen LogP contribution is -2.45. The summed E-state index contributed by atoms with van der Waals surface area (Å²) in [5.74, 6) is -0.579. The highest BCUT2D eigenvalue weighted by atomic mass is 16.2. The van der Waals surface area contributed by atoms with Gasteiger partial charge in [0.2, 0.25) is 5.91 Å². The molecule has 1 atom stereocenters. The highest BCUT2D eigenvalue weighted by Crippen LogP contribution is 2.42. The van der Waals surface area contributed by atoms with E-state index in [-0.39, 0.29) is 23.3 Å². The Hall–Kier alpha value is -2.10. The Morgan fingerprint density at radius 1 is 1.15 bits per heavy atom. The van der Waals surface area contributed by atoms with Gasteiger partial charge in [-0.05, 0) is 19.4 Å². The van der Waals surface area contributed by atoms with Crippen LogP contribution in [0.15, 0.2) is 42.1 Å². The summed E-state index contributed by atoms with van der Waals surface area (Å²) in [7, 11) is 1.91. The van der Waals surface area contributed by atoms with Crippen molar-refractivity contribution in [2.75, 3.05) is 7.05 Å². The third kappa shape index (κ3) is 1.68. The molecule has 0 saturated carbocycles. The SMILES string of the molecule is CN1C=C2C(=O)N(Cc3ccccc3)C(=O)C2C1(C)C. The van der Waals surface area contributed by atoms with Crippen LogP contribution in [0.2, 0.25) is 0 Å². The molecule has 3 rings (SSSR count). The smallest absolute Gasteiger partial charge is 0.259 e. The summed E-state index contributed by atoms with van der Waals surface area (Å²) >= 11 is 0. The van der Waals surface area contributed by atoms with Crippen molar-refractivity contribution in [3.63, 3.8) is 0 Å². The summed E-state index contributed by atoms with van der Waals surface area (Å²) in [6.07, 6.45) is 1.82. The highest BCUT2D eigenvalue weighted by Gasteiger charge is 2.55. The zero-order valence-corrected chi connectivity index (χ0v) is 12.0. The number of hydrogen-bond acceptors (Lipinski definition) is 3. The van der Waals surface area contributed by atoms with Crippen molar-refractivity contribution < 1.29 is 9.59 Å². The maximum absolute atomic E-state index is 12.6. The minimum absolute atomic E-state index is 0.0838. The Balaban J connectivity index is 1.92. The van der Waals surface area contributed by atoms with Crippen LogP contribution < -0.4 is 0 Å². The molecule has 1 saturated heterocycles. The molecule has 104 valence electrons. The number of rotatable bonds is 2. The molecule has 1 aromatic rings. The van der Waals surface area contributed by atoms with E-state index in [1.807, 2.05) is 62.3 Å². The lowest BCUT2D eigenvalue weighted by molar-refractivity contribution is -0.141. The summed E-state index contributed by atoms with van der Waals surface area (Å²) in [6.45, 7) is 4.35. The molecular formula is C16H18N2O2. The van der Waals surface area contributed by atoms with Gasteiger partial charge in [0.25, 0.3) is 5.91 Å². The molecule has 4 heteroatoms. The van der Waals surface area contributed by atoms with Crippen molar-refractivity contribution in [2.24, 2.45) is 5.92 Å². The van der Waals surface area contributed by atoms with Gasteiger partial charge in [-0.25, -0.2) is 0 Å². The van der Waals surface area contributed by atoms with Gasteiger partial charge in [0.15, 0.2) is 0 Å². The fourth-order valence-corrected chi connectivity index (χ4v) is 2.98. The van der Waals surface area contributed by atoms with E-state index >= 15 is 0 Å². The van der Waals surface area contributed by atoms with E-state index in [2.05, 4.69) is 0 Å². The molecule has 1 fully saturated rings. The van der Waals surface area contributed by atoms with Gasteiger partial charge in [0.05, 0.1) is 12.5 Å². The molecule has 2 aliphatic heterocycles. The van der Waals surface area contributed by atoms with E-state index in [1.54, 1.807) is 0 Å². The Kier molecular flexibility index (Phi) is 2.71. The molecule has 4 nitrogen and oxygen atoms in total. The number of carbonyl (C=O) groups is 2. The summed E-state index contributed by atoms with van der Waals surface area (Å²) in [4.78, 5) is 28.4. The van der Waals surface area contributed by atoms with Crippen LogP contribution in [0.4, 0.5) is 0 Å². The molecule has 2 amide bonds. The third-order valence-corrected chi connectivity index (χ3v) is 4.45. The number of fused-ring (bicyclic) bond motifs is 1. The molecule has 2 heterocycles. The predicted molar refractivity (Wildman–Crippen MR) is 75.4 cm³/mol. The van der Waals surface area contributed by atoms with E-state index in [0.717, 1.165) is 5.56 Å². The normalized spacial score (nSPS) is 24.1. The second-order valence-electron chi connectivity index (χ2n) is 6.00. The molecule has 0 aliphatic carbocycles. The first kappa shape index (κ1) is 12.9. The zero-order valence-electron chi connectivity index (χ0n) is 12.0. The van der Waals surface area contributed by atoms with Gasteiger partial charge in [0.1, 0.15) is 0 Å².